The fourth-order valence-corrected chi connectivity index (χ4v) is 3.32. The number of fused-ring (bicyclic) bond motifs is 1. The van der Waals surface area contributed by atoms with Crippen LogP contribution in [0.25, 0.3) is 5.57 Å². The zero-order valence-corrected chi connectivity index (χ0v) is 15.1. The Hall–Kier alpha value is -3.17. The van der Waals surface area contributed by atoms with Gasteiger partial charge in [0, 0.05) is 24.4 Å². The van der Waals surface area contributed by atoms with Crippen molar-refractivity contribution in [3.8, 4) is 6.07 Å². The molecule has 0 fully saturated rings. The Bertz CT molecular complexity index is 945. The predicted octanol–water partition coefficient (Wildman–Crippen LogP) is 3.94. The van der Waals surface area contributed by atoms with Gasteiger partial charge in [-0.2, -0.15) is 5.26 Å². The van der Waals surface area contributed by atoms with Gasteiger partial charge in [-0.25, -0.2) is 9.18 Å². The summed E-state index contributed by atoms with van der Waals surface area (Å²) in [5.41, 5.74) is 3.51. The lowest BCUT2D eigenvalue weighted by atomic mass is 9.91. The van der Waals surface area contributed by atoms with Gasteiger partial charge in [0.2, 0.25) is 0 Å². The van der Waals surface area contributed by atoms with E-state index in [1.165, 1.54) is 12.1 Å². The maximum absolute atomic E-state index is 13.3. The molecule has 1 N–H and O–H groups in total. The van der Waals surface area contributed by atoms with Crippen LogP contribution in [0, 0.1) is 17.1 Å². The molecule has 0 amide bonds. The highest BCUT2D eigenvalue weighted by Crippen LogP contribution is 2.40. The molecule has 5 nitrogen and oxygen atoms in total. The molecule has 6 heteroatoms. The van der Waals surface area contributed by atoms with Gasteiger partial charge in [0.1, 0.15) is 5.82 Å². The summed E-state index contributed by atoms with van der Waals surface area (Å²) in [5.74, 6) is -1.39. The number of ether oxygens (including phenoxy) is 1. The molecule has 0 radical (unpaired) electrons. The molecule has 0 spiro atoms. The molecular formula is C21H19FN2O3. The first-order valence-corrected chi connectivity index (χ1v) is 8.57. The first-order chi connectivity index (χ1) is 13.0. The van der Waals surface area contributed by atoms with Crippen LogP contribution in [0.1, 0.15) is 30.5 Å². The maximum Gasteiger partial charge on any atom is 0.336 e. The first kappa shape index (κ1) is 18.6. The Balaban J connectivity index is 2.17. The summed E-state index contributed by atoms with van der Waals surface area (Å²) in [6, 6.07) is 13.3. The molecule has 2 aromatic rings. The molecule has 3 rings (SSSR count). The van der Waals surface area contributed by atoms with Crippen molar-refractivity contribution in [2.75, 3.05) is 11.5 Å². The van der Waals surface area contributed by atoms with Crippen molar-refractivity contribution in [3.05, 3.63) is 70.5 Å². The summed E-state index contributed by atoms with van der Waals surface area (Å²) in [7, 11) is 0. The van der Waals surface area contributed by atoms with E-state index in [0.29, 0.717) is 24.3 Å². The van der Waals surface area contributed by atoms with Gasteiger partial charge >= 0.3 is 5.97 Å². The number of benzene rings is 2. The van der Waals surface area contributed by atoms with Crippen molar-refractivity contribution in [2.24, 2.45) is 0 Å². The van der Waals surface area contributed by atoms with Gasteiger partial charge in [-0.15, -0.1) is 0 Å². The van der Waals surface area contributed by atoms with Crippen molar-refractivity contribution < 1.29 is 19.0 Å². The SMILES string of the molecule is CCOC1C(C(=O)O)=C(C)c2ccc(C#N)cc2N1Cc1ccc(F)cc1. The number of aliphatic carboxylic acids is 1. The maximum atomic E-state index is 13.3. The average Bonchev–Trinajstić information content (AvgIpc) is 2.66. The Labute approximate surface area is 156 Å². The first-order valence-electron chi connectivity index (χ1n) is 8.57. The molecule has 138 valence electrons. The van der Waals surface area contributed by atoms with Gasteiger partial charge < -0.3 is 14.7 Å². The number of hydrogen-bond acceptors (Lipinski definition) is 4. The minimum Gasteiger partial charge on any atom is -0.478 e. The van der Waals surface area contributed by atoms with Crippen LogP contribution in [-0.4, -0.2) is 23.9 Å². The Kier molecular flexibility index (Phi) is 5.24. The lowest BCUT2D eigenvalue weighted by Crippen LogP contribution is -2.43. The molecule has 2 aromatic carbocycles. The third-order valence-corrected chi connectivity index (χ3v) is 4.60. The number of anilines is 1. The summed E-state index contributed by atoms with van der Waals surface area (Å²) >= 11 is 0. The van der Waals surface area contributed by atoms with Crippen molar-refractivity contribution in [1.82, 2.24) is 0 Å². The molecular weight excluding hydrogens is 347 g/mol. The molecule has 27 heavy (non-hydrogen) atoms. The zero-order chi connectivity index (χ0) is 19.6. The number of carboxylic acids is 1. The average molecular weight is 366 g/mol. The van der Waals surface area contributed by atoms with Crippen LogP contribution in [0.2, 0.25) is 0 Å². The van der Waals surface area contributed by atoms with Crippen molar-refractivity contribution in [1.29, 1.82) is 5.26 Å². The third kappa shape index (κ3) is 3.55. The number of hydrogen-bond donors (Lipinski definition) is 1. The number of carboxylic acid groups (broad SMARTS) is 1. The van der Waals surface area contributed by atoms with Gasteiger partial charge in [-0.05, 0) is 49.2 Å². The van der Waals surface area contributed by atoms with Crippen LogP contribution in [-0.2, 0) is 16.1 Å². The predicted molar refractivity (Wildman–Crippen MR) is 99.4 cm³/mol. The molecule has 0 aliphatic carbocycles. The third-order valence-electron chi connectivity index (χ3n) is 4.60. The fourth-order valence-electron chi connectivity index (χ4n) is 3.32. The number of rotatable bonds is 5. The summed E-state index contributed by atoms with van der Waals surface area (Å²) in [4.78, 5) is 13.8. The van der Waals surface area contributed by atoms with Crippen LogP contribution in [0.5, 0.6) is 0 Å². The molecule has 1 aliphatic heterocycles. The van der Waals surface area contributed by atoms with E-state index in [1.807, 2.05) is 4.90 Å². The number of allylic oxidation sites excluding steroid dienone is 1. The molecule has 0 bridgehead atoms. The van der Waals surface area contributed by atoms with Crippen molar-refractivity contribution in [2.45, 2.75) is 26.6 Å². The number of carbonyl (C=O) groups is 1. The fraction of sp³-hybridized carbons (Fsp3) is 0.238. The van der Waals surface area contributed by atoms with Crippen molar-refractivity contribution >= 4 is 17.2 Å². The second-order valence-corrected chi connectivity index (χ2v) is 6.25. The Morgan fingerprint density at radius 2 is 2.00 bits per heavy atom. The van der Waals surface area contributed by atoms with Gasteiger partial charge in [-0.3, -0.25) is 0 Å². The summed E-state index contributed by atoms with van der Waals surface area (Å²) in [6.07, 6.45) is -0.806. The Morgan fingerprint density at radius 3 is 2.59 bits per heavy atom. The number of nitrogens with zero attached hydrogens (tertiary/aromatic N) is 2. The van der Waals surface area contributed by atoms with Gasteiger partial charge in [0.25, 0.3) is 0 Å². The van der Waals surface area contributed by atoms with Crippen molar-refractivity contribution in [3.63, 3.8) is 0 Å². The quantitative estimate of drug-likeness (QED) is 0.868. The summed E-state index contributed by atoms with van der Waals surface area (Å²) in [5, 5.41) is 19.1. The largest absolute Gasteiger partial charge is 0.478 e. The summed E-state index contributed by atoms with van der Waals surface area (Å²) in [6.45, 7) is 4.18. The second kappa shape index (κ2) is 7.60. The molecule has 0 saturated heterocycles. The van der Waals surface area contributed by atoms with Crippen LogP contribution in [0.4, 0.5) is 10.1 Å². The molecule has 1 unspecified atom stereocenters. The topological polar surface area (TPSA) is 73.6 Å². The van der Waals surface area contributed by atoms with E-state index in [0.717, 1.165) is 16.8 Å². The summed E-state index contributed by atoms with van der Waals surface area (Å²) < 4.78 is 19.1. The van der Waals surface area contributed by atoms with E-state index >= 15 is 0 Å². The monoisotopic (exact) mass is 366 g/mol. The molecule has 0 aromatic heterocycles. The molecule has 1 atom stereocenters. The van der Waals surface area contributed by atoms with E-state index in [1.54, 1.807) is 44.2 Å². The standard InChI is InChI=1S/C21H19FN2O3/c1-3-27-20-19(21(25)26)13(2)17-9-6-15(11-23)10-18(17)24(20)12-14-4-7-16(22)8-5-14/h4-10,20H,3,12H2,1-2H3,(H,25,26). The van der Waals surface area contributed by atoms with Gasteiger partial charge in [0.05, 0.1) is 17.2 Å². The highest BCUT2D eigenvalue weighted by molar-refractivity contribution is 6.01. The molecule has 0 saturated carbocycles. The van der Waals surface area contributed by atoms with E-state index < -0.39 is 12.2 Å². The van der Waals surface area contributed by atoms with E-state index in [2.05, 4.69) is 6.07 Å². The number of halogens is 1. The highest BCUT2D eigenvalue weighted by Gasteiger charge is 2.36. The van der Waals surface area contributed by atoms with Crippen LogP contribution < -0.4 is 4.90 Å². The Morgan fingerprint density at radius 1 is 1.30 bits per heavy atom. The van der Waals surface area contributed by atoms with Crippen LogP contribution in [0.3, 0.4) is 0 Å². The highest BCUT2D eigenvalue weighted by atomic mass is 19.1. The minimum atomic E-state index is -1.05. The lowest BCUT2D eigenvalue weighted by molar-refractivity contribution is -0.134. The second-order valence-electron chi connectivity index (χ2n) is 6.25. The van der Waals surface area contributed by atoms with E-state index in [4.69, 9.17) is 4.74 Å². The van der Waals surface area contributed by atoms with Gasteiger partial charge in [0.15, 0.2) is 6.23 Å². The zero-order valence-electron chi connectivity index (χ0n) is 15.1. The van der Waals surface area contributed by atoms with Gasteiger partial charge in [-0.1, -0.05) is 18.2 Å². The normalized spacial score (nSPS) is 16.1. The lowest BCUT2D eigenvalue weighted by Gasteiger charge is -2.39. The smallest absolute Gasteiger partial charge is 0.336 e. The molecule has 1 aliphatic rings. The van der Waals surface area contributed by atoms with E-state index in [-0.39, 0.29) is 11.4 Å². The van der Waals surface area contributed by atoms with E-state index in [9.17, 15) is 19.6 Å². The molecule has 1 heterocycles. The van der Waals surface area contributed by atoms with Crippen LogP contribution in [0.15, 0.2) is 48.0 Å². The number of nitriles is 1. The minimum absolute atomic E-state index is 0.163. The van der Waals surface area contributed by atoms with Crippen LogP contribution >= 0.6 is 0 Å².